The molecule has 6 nitrogen and oxygen atoms in total. The third kappa shape index (κ3) is 3.25. The van der Waals surface area contributed by atoms with E-state index in [2.05, 4.69) is 9.95 Å². The van der Waals surface area contributed by atoms with Gasteiger partial charge in [-0.15, -0.1) is 11.3 Å². The summed E-state index contributed by atoms with van der Waals surface area (Å²) >= 11 is 1.59. The van der Waals surface area contributed by atoms with Gasteiger partial charge in [-0.05, 0) is 54.8 Å². The van der Waals surface area contributed by atoms with Crippen molar-refractivity contribution in [3.63, 3.8) is 0 Å². The van der Waals surface area contributed by atoms with Crippen molar-refractivity contribution >= 4 is 22.7 Å². The van der Waals surface area contributed by atoms with Gasteiger partial charge >= 0.3 is 0 Å². The maximum Gasteiger partial charge on any atom is 0.269 e. The second kappa shape index (κ2) is 6.76. The van der Waals surface area contributed by atoms with Gasteiger partial charge in [0.05, 0.1) is 23.4 Å². The van der Waals surface area contributed by atoms with E-state index in [9.17, 15) is 10.1 Å². The lowest BCUT2D eigenvalue weighted by molar-refractivity contribution is -0.384. The lowest BCUT2D eigenvalue weighted by Gasteiger charge is -2.07. The first kappa shape index (κ1) is 16.5. The van der Waals surface area contributed by atoms with E-state index < -0.39 is 0 Å². The van der Waals surface area contributed by atoms with Crippen LogP contribution in [0, 0.1) is 10.1 Å². The van der Waals surface area contributed by atoms with E-state index in [0.717, 1.165) is 40.3 Å². The predicted molar refractivity (Wildman–Crippen MR) is 101 cm³/mol. The van der Waals surface area contributed by atoms with Crippen LogP contribution in [0.4, 0.5) is 11.4 Å². The van der Waals surface area contributed by atoms with Crippen LogP contribution in [0.2, 0.25) is 0 Å². The summed E-state index contributed by atoms with van der Waals surface area (Å²) in [6, 6.07) is 14.8. The maximum atomic E-state index is 10.9. The van der Waals surface area contributed by atoms with Crippen LogP contribution in [-0.4, -0.2) is 16.6 Å². The Morgan fingerprint density at radius 2 is 1.85 bits per heavy atom. The molecule has 1 aromatic heterocycles. The minimum absolute atomic E-state index is 0.102. The van der Waals surface area contributed by atoms with Crippen molar-refractivity contribution in [2.75, 3.05) is 7.11 Å². The topological polar surface area (TPSA) is 69.7 Å². The molecule has 0 aliphatic heterocycles. The molecule has 0 unspecified atom stereocenters. The summed E-state index contributed by atoms with van der Waals surface area (Å²) in [5.41, 5.74) is 3.00. The van der Waals surface area contributed by atoms with Crippen molar-refractivity contribution in [2.24, 2.45) is 4.99 Å². The lowest BCUT2D eigenvalue weighted by Crippen LogP contribution is -2.14. The molecule has 1 saturated carbocycles. The molecule has 1 aliphatic carbocycles. The van der Waals surface area contributed by atoms with Gasteiger partial charge in [0.25, 0.3) is 5.69 Å². The zero-order chi connectivity index (χ0) is 18.1. The average molecular weight is 367 g/mol. The standard InChI is InChI=1S/C19H17N3O3S/c1-25-17-10-4-14(5-11-17)20-19-21(15-8-9-15)18(12-26-19)13-2-6-16(7-3-13)22(23)24/h2-7,10-12,15H,8-9H2,1H3. The molecule has 3 aromatic rings. The van der Waals surface area contributed by atoms with Crippen molar-refractivity contribution in [3.8, 4) is 17.0 Å². The minimum Gasteiger partial charge on any atom is -0.497 e. The van der Waals surface area contributed by atoms with Gasteiger partial charge in [-0.2, -0.15) is 0 Å². The molecule has 132 valence electrons. The van der Waals surface area contributed by atoms with Gasteiger partial charge in [0.2, 0.25) is 0 Å². The first-order valence-corrected chi connectivity index (χ1v) is 9.17. The van der Waals surface area contributed by atoms with E-state index in [0.29, 0.717) is 6.04 Å². The van der Waals surface area contributed by atoms with Crippen LogP contribution in [0.25, 0.3) is 11.3 Å². The second-order valence-electron chi connectivity index (χ2n) is 6.12. The number of benzene rings is 2. The number of aromatic nitrogens is 1. The van der Waals surface area contributed by atoms with Crippen molar-refractivity contribution in [3.05, 3.63) is 68.8 Å². The van der Waals surface area contributed by atoms with E-state index in [1.165, 1.54) is 0 Å². The van der Waals surface area contributed by atoms with E-state index in [4.69, 9.17) is 9.73 Å². The fraction of sp³-hybridized carbons (Fsp3) is 0.211. The Balaban J connectivity index is 1.75. The molecule has 0 saturated heterocycles. The van der Waals surface area contributed by atoms with Crippen LogP contribution in [0.15, 0.2) is 58.9 Å². The predicted octanol–water partition coefficient (Wildman–Crippen LogP) is 4.70. The van der Waals surface area contributed by atoms with Crippen molar-refractivity contribution in [1.29, 1.82) is 0 Å². The highest BCUT2D eigenvalue weighted by Gasteiger charge is 2.27. The quantitative estimate of drug-likeness (QED) is 0.485. The number of nitro groups is 1. The summed E-state index contributed by atoms with van der Waals surface area (Å²) in [6.45, 7) is 0. The highest BCUT2D eigenvalue weighted by Crippen LogP contribution is 2.38. The number of rotatable bonds is 5. The van der Waals surface area contributed by atoms with E-state index >= 15 is 0 Å². The van der Waals surface area contributed by atoms with Crippen molar-refractivity contribution in [1.82, 2.24) is 4.57 Å². The number of non-ortho nitro benzene ring substituents is 1. The summed E-state index contributed by atoms with van der Waals surface area (Å²) in [4.78, 5) is 16.2. The van der Waals surface area contributed by atoms with Gasteiger partial charge in [-0.25, -0.2) is 4.99 Å². The molecular weight excluding hydrogens is 350 g/mol. The largest absolute Gasteiger partial charge is 0.497 e. The Kier molecular flexibility index (Phi) is 4.30. The van der Waals surface area contributed by atoms with Gasteiger partial charge in [0, 0.05) is 23.6 Å². The van der Waals surface area contributed by atoms with Crippen LogP contribution in [0.3, 0.4) is 0 Å². The molecule has 4 rings (SSSR count). The van der Waals surface area contributed by atoms with Gasteiger partial charge < -0.3 is 9.30 Å². The first-order chi connectivity index (χ1) is 12.7. The molecule has 2 aromatic carbocycles. The van der Waals surface area contributed by atoms with E-state index in [1.54, 1.807) is 42.7 Å². The molecule has 1 heterocycles. The number of nitro benzene ring substituents is 1. The Hall–Kier alpha value is -2.93. The maximum absolute atomic E-state index is 10.9. The average Bonchev–Trinajstić information content (AvgIpc) is 3.43. The fourth-order valence-electron chi connectivity index (χ4n) is 2.82. The summed E-state index contributed by atoms with van der Waals surface area (Å²) in [5.74, 6) is 0.803. The zero-order valence-electron chi connectivity index (χ0n) is 14.2. The number of nitrogens with zero attached hydrogens (tertiary/aromatic N) is 3. The van der Waals surface area contributed by atoms with E-state index in [-0.39, 0.29) is 10.6 Å². The second-order valence-corrected chi connectivity index (χ2v) is 6.96. The molecule has 0 spiro atoms. The molecular formula is C19H17N3O3S. The van der Waals surface area contributed by atoms with Crippen LogP contribution >= 0.6 is 11.3 Å². The van der Waals surface area contributed by atoms with Crippen LogP contribution in [0.5, 0.6) is 5.75 Å². The third-order valence-electron chi connectivity index (χ3n) is 4.32. The molecule has 1 aliphatic rings. The summed E-state index contributed by atoms with van der Waals surface area (Å²) in [5, 5.41) is 12.9. The number of ether oxygens (including phenoxy) is 1. The number of methoxy groups -OCH3 is 1. The zero-order valence-corrected chi connectivity index (χ0v) is 15.0. The van der Waals surface area contributed by atoms with Gasteiger partial charge in [-0.1, -0.05) is 0 Å². The molecule has 0 bridgehead atoms. The minimum atomic E-state index is -0.378. The highest BCUT2D eigenvalue weighted by atomic mass is 32.1. The van der Waals surface area contributed by atoms with Crippen molar-refractivity contribution < 1.29 is 9.66 Å². The Morgan fingerprint density at radius 3 is 2.42 bits per heavy atom. The fourth-order valence-corrected chi connectivity index (χ4v) is 3.80. The summed E-state index contributed by atoms with van der Waals surface area (Å²) in [6.07, 6.45) is 2.26. The van der Waals surface area contributed by atoms with E-state index in [1.807, 2.05) is 24.3 Å². The third-order valence-corrected chi connectivity index (χ3v) is 5.16. The number of hydrogen-bond donors (Lipinski definition) is 0. The monoisotopic (exact) mass is 367 g/mol. The van der Waals surface area contributed by atoms with Crippen molar-refractivity contribution in [2.45, 2.75) is 18.9 Å². The van der Waals surface area contributed by atoms with Gasteiger partial charge in [-0.3, -0.25) is 10.1 Å². The molecule has 0 atom stereocenters. The Bertz CT molecular complexity index is 1000. The summed E-state index contributed by atoms with van der Waals surface area (Å²) in [7, 11) is 1.64. The number of thiazole rings is 1. The molecule has 0 N–H and O–H groups in total. The van der Waals surface area contributed by atoms with Crippen LogP contribution in [0.1, 0.15) is 18.9 Å². The molecule has 26 heavy (non-hydrogen) atoms. The van der Waals surface area contributed by atoms with Crippen LogP contribution in [-0.2, 0) is 0 Å². The smallest absolute Gasteiger partial charge is 0.269 e. The number of hydrogen-bond acceptors (Lipinski definition) is 5. The Morgan fingerprint density at radius 1 is 1.15 bits per heavy atom. The Labute approximate surface area is 154 Å². The lowest BCUT2D eigenvalue weighted by atomic mass is 10.1. The first-order valence-electron chi connectivity index (χ1n) is 8.29. The van der Waals surface area contributed by atoms with Gasteiger partial charge in [0.1, 0.15) is 5.75 Å². The SMILES string of the molecule is COc1ccc(N=c2scc(-c3ccc([N+](=O)[O-])cc3)n2C2CC2)cc1. The normalized spacial score (nSPS) is 14.4. The van der Waals surface area contributed by atoms with Crippen LogP contribution < -0.4 is 9.54 Å². The molecule has 0 radical (unpaired) electrons. The molecule has 1 fully saturated rings. The molecule has 0 amide bonds. The van der Waals surface area contributed by atoms with Gasteiger partial charge in [0.15, 0.2) is 4.80 Å². The molecule has 7 heteroatoms. The summed E-state index contributed by atoms with van der Waals surface area (Å²) < 4.78 is 7.43. The highest BCUT2D eigenvalue weighted by molar-refractivity contribution is 7.07.